The second kappa shape index (κ2) is 6.09. The molecule has 23 heavy (non-hydrogen) atoms. The molecule has 1 atom stereocenters. The molecular formula is C10H8ClF3N4O3S2. The third-order valence-corrected chi connectivity index (χ3v) is 5.52. The molecule has 0 bridgehead atoms. The summed E-state index contributed by atoms with van der Waals surface area (Å²) in [7, 11) is -4.25. The first kappa shape index (κ1) is 17.7. The lowest BCUT2D eigenvalue weighted by molar-refractivity contribution is -0.142. The minimum absolute atomic E-state index is 0.0576. The van der Waals surface area contributed by atoms with Gasteiger partial charge >= 0.3 is 6.18 Å². The van der Waals surface area contributed by atoms with Crippen LogP contribution in [-0.2, 0) is 21.0 Å². The SMILES string of the molecule is CC(C(=O)NS(=O)(=O)c1nc(Cl)cs1)n1ccc(C(F)(F)F)n1. The molecule has 0 spiro atoms. The van der Waals surface area contributed by atoms with Crippen LogP contribution in [0.15, 0.2) is 22.0 Å². The molecule has 0 aliphatic rings. The summed E-state index contributed by atoms with van der Waals surface area (Å²) in [5.74, 6) is -1.06. The van der Waals surface area contributed by atoms with Gasteiger partial charge in [0.1, 0.15) is 11.2 Å². The molecule has 1 N–H and O–H groups in total. The molecule has 0 aliphatic carbocycles. The normalized spacial score (nSPS) is 13.8. The minimum atomic E-state index is -4.66. The maximum absolute atomic E-state index is 12.5. The Morgan fingerprint density at radius 1 is 1.48 bits per heavy atom. The molecule has 126 valence electrons. The van der Waals surface area contributed by atoms with Crippen LogP contribution in [0.1, 0.15) is 18.7 Å². The number of rotatable bonds is 4. The highest BCUT2D eigenvalue weighted by molar-refractivity contribution is 7.92. The number of carbonyl (C=O) groups is 1. The van der Waals surface area contributed by atoms with Crippen LogP contribution in [0, 0.1) is 0 Å². The smallest absolute Gasteiger partial charge is 0.272 e. The van der Waals surface area contributed by atoms with Gasteiger partial charge in [-0.25, -0.2) is 9.71 Å². The Kier molecular flexibility index (Phi) is 4.69. The molecule has 0 radical (unpaired) electrons. The fraction of sp³-hybridized carbons (Fsp3) is 0.300. The van der Waals surface area contributed by atoms with Gasteiger partial charge in [0.15, 0.2) is 5.69 Å². The van der Waals surface area contributed by atoms with Gasteiger partial charge in [-0.1, -0.05) is 11.6 Å². The Morgan fingerprint density at radius 3 is 2.61 bits per heavy atom. The Balaban J connectivity index is 2.16. The van der Waals surface area contributed by atoms with E-state index in [1.165, 1.54) is 12.3 Å². The Labute approximate surface area is 137 Å². The van der Waals surface area contributed by atoms with Crippen molar-refractivity contribution < 1.29 is 26.4 Å². The topological polar surface area (TPSA) is 94.0 Å². The second-order valence-corrected chi connectivity index (χ2v) is 7.36. The molecule has 0 aliphatic heterocycles. The molecule has 2 aromatic rings. The van der Waals surface area contributed by atoms with Crippen LogP contribution in [0.3, 0.4) is 0 Å². The van der Waals surface area contributed by atoms with Crippen LogP contribution < -0.4 is 4.72 Å². The summed E-state index contributed by atoms with van der Waals surface area (Å²) in [6.45, 7) is 1.20. The molecule has 0 saturated carbocycles. The third kappa shape index (κ3) is 4.00. The molecule has 1 unspecified atom stereocenters. The van der Waals surface area contributed by atoms with Crippen molar-refractivity contribution in [3.8, 4) is 0 Å². The van der Waals surface area contributed by atoms with Gasteiger partial charge in [0.2, 0.25) is 4.34 Å². The summed E-state index contributed by atoms with van der Waals surface area (Å²) in [4.78, 5) is 15.4. The lowest BCUT2D eigenvalue weighted by Gasteiger charge is -2.12. The van der Waals surface area contributed by atoms with Crippen molar-refractivity contribution in [3.05, 3.63) is 28.5 Å². The number of hydrogen-bond donors (Lipinski definition) is 1. The van der Waals surface area contributed by atoms with E-state index in [2.05, 4.69) is 10.1 Å². The second-order valence-electron chi connectivity index (χ2n) is 4.26. The highest BCUT2D eigenvalue weighted by Crippen LogP contribution is 2.28. The standard InChI is InChI=1S/C10H8ClF3N4O3S2/c1-5(18-3-2-6(16-18)10(12,13)14)8(19)17-23(20,21)9-15-7(11)4-22-9/h2-5H,1H3,(H,17,19). The number of hydrogen-bond acceptors (Lipinski definition) is 6. The fourth-order valence-electron chi connectivity index (χ4n) is 1.45. The van der Waals surface area contributed by atoms with Crippen LogP contribution in [0.5, 0.6) is 0 Å². The van der Waals surface area contributed by atoms with Gasteiger partial charge in [-0.15, -0.1) is 11.3 Å². The van der Waals surface area contributed by atoms with Crippen molar-refractivity contribution in [2.75, 3.05) is 0 Å². The molecule has 1 amide bonds. The number of nitrogens with zero attached hydrogens (tertiary/aromatic N) is 3. The number of aromatic nitrogens is 3. The average molecular weight is 389 g/mol. The predicted molar refractivity (Wildman–Crippen MR) is 74.4 cm³/mol. The van der Waals surface area contributed by atoms with E-state index in [1.54, 1.807) is 4.72 Å². The quantitative estimate of drug-likeness (QED) is 0.865. The maximum Gasteiger partial charge on any atom is 0.435 e. The van der Waals surface area contributed by atoms with E-state index >= 15 is 0 Å². The van der Waals surface area contributed by atoms with Gasteiger partial charge in [0.05, 0.1) is 0 Å². The van der Waals surface area contributed by atoms with E-state index in [0.717, 1.165) is 6.20 Å². The molecule has 7 nitrogen and oxygen atoms in total. The van der Waals surface area contributed by atoms with Gasteiger partial charge < -0.3 is 0 Å². The summed E-state index contributed by atoms with van der Waals surface area (Å²) >= 11 is 6.20. The van der Waals surface area contributed by atoms with Crippen molar-refractivity contribution >= 4 is 38.9 Å². The van der Waals surface area contributed by atoms with Crippen LogP contribution in [0.25, 0.3) is 0 Å². The molecule has 0 fully saturated rings. The number of nitrogens with one attached hydrogen (secondary N) is 1. The predicted octanol–water partition coefficient (Wildman–Crippen LogP) is 2.08. The van der Waals surface area contributed by atoms with Crippen LogP contribution in [0.4, 0.5) is 13.2 Å². The molecule has 2 heterocycles. The summed E-state index contributed by atoms with van der Waals surface area (Å²) < 4.78 is 63.2. The molecule has 0 saturated heterocycles. The van der Waals surface area contributed by atoms with E-state index in [4.69, 9.17) is 11.6 Å². The first-order valence-electron chi connectivity index (χ1n) is 5.81. The number of carbonyl (C=O) groups excluding carboxylic acids is 1. The van der Waals surface area contributed by atoms with Gasteiger partial charge in [-0.3, -0.25) is 9.48 Å². The van der Waals surface area contributed by atoms with E-state index in [0.29, 0.717) is 22.1 Å². The van der Waals surface area contributed by atoms with Gasteiger partial charge in [0, 0.05) is 11.6 Å². The first-order valence-corrected chi connectivity index (χ1v) is 8.55. The van der Waals surface area contributed by atoms with Crippen molar-refractivity contribution in [3.63, 3.8) is 0 Å². The zero-order chi connectivity index (χ0) is 17.4. The summed E-state index contributed by atoms with van der Waals surface area (Å²) in [5.41, 5.74) is -1.19. The fourth-order valence-corrected chi connectivity index (χ4v) is 3.69. The molecule has 0 aromatic carbocycles. The Morgan fingerprint density at radius 2 is 2.13 bits per heavy atom. The maximum atomic E-state index is 12.5. The van der Waals surface area contributed by atoms with Crippen molar-refractivity contribution in [1.82, 2.24) is 19.5 Å². The average Bonchev–Trinajstić information content (AvgIpc) is 3.05. The van der Waals surface area contributed by atoms with Crippen molar-refractivity contribution in [2.24, 2.45) is 0 Å². The molecule has 2 rings (SSSR count). The molecular weight excluding hydrogens is 381 g/mol. The molecule has 2 aromatic heterocycles. The number of sulfonamides is 1. The van der Waals surface area contributed by atoms with E-state index in [1.807, 2.05) is 0 Å². The monoisotopic (exact) mass is 388 g/mol. The Hall–Kier alpha value is -1.66. The number of halogens is 4. The highest BCUT2D eigenvalue weighted by atomic mass is 35.5. The summed E-state index contributed by atoms with van der Waals surface area (Å²) in [6, 6.07) is -0.602. The minimum Gasteiger partial charge on any atom is -0.272 e. The number of alkyl halides is 3. The van der Waals surface area contributed by atoms with Gasteiger partial charge in [0.25, 0.3) is 15.9 Å². The van der Waals surface area contributed by atoms with Gasteiger partial charge in [-0.05, 0) is 13.0 Å². The first-order chi connectivity index (χ1) is 10.5. The van der Waals surface area contributed by atoms with E-state index in [-0.39, 0.29) is 5.15 Å². The lowest BCUT2D eigenvalue weighted by Crippen LogP contribution is -2.36. The highest BCUT2D eigenvalue weighted by Gasteiger charge is 2.34. The zero-order valence-electron chi connectivity index (χ0n) is 11.2. The largest absolute Gasteiger partial charge is 0.435 e. The van der Waals surface area contributed by atoms with Crippen molar-refractivity contribution in [2.45, 2.75) is 23.5 Å². The van der Waals surface area contributed by atoms with Crippen LogP contribution in [-0.4, -0.2) is 29.1 Å². The lowest BCUT2D eigenvalue weighted by atomic mass is 10.3. The Bertz CT molecular complexity index is 831. The number of amides is 1. The number of thiazole rings is 1. The van der Waals surface area contributed by atoms with E-state index in [9.17, 15) is 26.4 Å². The van der Waals surface area contributed by atoms with Crippen molar-refractivity contribution in [1.29, 1.82) is 0 Å². The third-order valence-electron chi connectivity index (χ3n) is 2.59. The summed E-state index contributed by atoms with van der Waals surface area (Å²) in [5, 5.41) is 4.41. The van der Waals surface area contributed by atoms with E-state index < -0.39 is 38.2 Å². The van der Waals surface area contributed by atoms with Crippen LogP contribution >= 0.6 is 22.9 Å². The van der Waals surface area contributed by atoms with Crippen LogP contribution in [0.2, 0.25) is 5.15 Å². The van der Waals surface area contributed by atoms with Gasteiger partial charge in [-0.2, -0.15) is 26.7 Å². The molecule has 13 heteroatoms. The summed E-state index contributed by atoms with van der Waals surface area (Å²) in [6.07, 6.45) is -3.73. The zero-order valence-corrected chi connectivity index (χ0v) is 13.6.